The first kappa shape index (κ1) is 20.8. The van der Waals surface area contributed by atoms with Gasteiger partial charge in [-0.15, -0.1) is 0 Å². The van der Waals surface area contributed by atoms with Gasteiger partial charge in [0.15, 0.2) is 0 Å². The molecule has 1 N–H and O–H groups in total. The van der Waals surface area contributed by atoms with Gasteiger partial charge in [-0.1, -0.05) is 36.0 Å². The molecule has 0 atom stereocenters. The number of hydrogen-bond acceptors (Lipinski definition) is 4. The van der Waals surface area contributed by atoms with Crippen LogP contribution in [0.3, 0.4) is 0 Å². The first-order valence-corrected chi connectivity index (χ1v) is 12.0. The van der Waals surface area contributed by atoms with Crippen molar-refractivity contribution < 1.29 is 9.59 Å². The minimum absolute atomic E-state index is 0.0252. The van der Waals surface area contributed by atoms with Crippen molar-refractivity contribution in [3.05, 3.63) is 70.9 Å². The largest absolute Gasteiger partial charge is 0.352 e. The van der Waals surface area contributed by atoms with E-state index in [4.69, 9.17) is 0 Å². The Kier molecular flexibility index (Phi) is 5.99. The molecule has 1 saturated heterocycles. The molecule has 2 aliphatic heterocycles. The molecule has 5 rings (SSSR count). The van der Waals surface area contributed by atoms with Crippen molar-refractivity contribution in [2.75, 3.05) is 19.6 Å². The molecule has 0 spiro atoms. The molecule has 3 aromatic rings. The molecule has 1 fully saturated rings. The Morgan fingerprint density at radius 2 is 1.88 bits per heavy atom. The van der Waals surface area contributed by atoms with E-state index in [9.17, 15) is 9.59 Å². The van der Waals surface area contributed by atoms with E-state index in [2.05, 4.69) is 14.7 Å². The van der Waals surface area contributed by atoms with Crippen molar-refractivity contribution in [3.8, 4) is 0 Å². The van der Waals surface area contributed by atoms with Crippen LogP contribution in [-0.2, 0) is 4.79 Å². The van der Waals surface area contributed by atoms with E-state index < -0.39 is 0 Å². The molecule has 32 heavy (non-hydrogen) atoms. The van der Waals surface area contributed by atoms with E-state index >= 15 is 0 Å². The Labute approximate surface area is 191 Å². The van der Waals surface area contributed by atoms with Gasteiger partial charge < -0.3 is 10.2 Å². The molecule has 2 aromatic heterocycles. The number of imidazole rings is 1. The van der Waals surface area contributed by atoms with Crippen LogP contribution in [0.15, 0.2) is 64.7 Å². The zero-order valence-corrected chi connectivity index (χ0v) is 18.7. The van der Waals surface area contributed by atoms with Gasteiger partial charge in [0, 0.05) is 25.2 Å². The monoisotopic (exact) mass is 446 g/mol. The Hall–Kier alpha value is -3.06. The Morgan fingerprint density at radius 1 is 1.06 bits per heavy atom. The zero-order valence-electron chi connectivity index (χ0n) is 17.9. The normalized spacial score (nSPS) is 16.1. The summed E-state index contributed by atoms with van der Waals surface area (Å²) in [5, 5.41) is 4.09. The van der Waals surface area contributed by atoms with E-state index in [1.165, 1.54) is 11.8 Å². The molecule has 0 saturated carbocycles. The van der Waals surface area contributed by atoms with Gasteiger partial charge in [0.2, 0.25) is 0 Å². The average molecular weight is 447 g/mol. The molecule has 0 unspecified atom stereocenters. The number of pyridine rings is 1. The lowest BCUT2D eigenvalue weighted by Gasteiger charge is -2.32. The number of rotatable bonds is 6. The molecule has 0 radical (unpaired) electrons. The second-order valence-corrected chi connectivity index (χ2v) is 9.41. The standard InChI is InChI=1S/C25H26N4O2S/c30-24(21-16-20-17-27-22-9-4-10-23(32-21)29(20)22)26-13-5-6-18-11-14-28(15-12-18)25(31)19-7-2-1-3-8-19/h1-4,7-10,16-18H,5-6,11-15H2,(H,26,30). The molecule has 0 aliphatic carbocycles. The van der Waals surface area contributed by atoms with Crippen molar-refractivity contribution in [1.29, 1.82) is 0 Å². The third-order valence-corrected chi connectivity index (χ3v) is 7.29. The maximum Gasteiger partial charge on any atom is 0.258 e. The van der Waals surface area contributed by atoms with Gasteiger partial charge in [-0.3, -0.25) is 14.0 Å². The van der Waals surface area contributed by atoms with E-state index in [-0.39, 0.29) is 11.8 Å². The fourth-order valence-corrected chi connectivity index (χ4v) is 5.47. The minimum Gasteiger partial charge on any atom is -0.352 e. The summed E-state index contributed by atoms with van der Waals surface area (Å²) < 4.78 is 2.07. The number of amides is 2. The number of thioether (sulfide) groups is 1. The summed E-state index contributed by atoms with van der Waals surface area (Å²) >= 11 is 1.48. The van der Waals surface area contributed by atoms with E-state index in [1.54, 1.807) is 6.20 Å². The van der Waals surface area contributed by atoms with Gasteiger partial charge in [0.25, 0.3) is 11.8 Å². The Bertz CT molecular complexity index is 1160. The number of nitrogens with zero attached hydrogens (tertiary/aromatic N) is 3. The van der Waals surface area contributed by atoms with Crippen LogP contribution in [0.25, 0.3) is 11.7 Å². The summed E-state index contributed by atoms with van der Waals surface area (Å²) in [6.07, 6.45) is 7.80. The van der Waals surface area contributed by atoms with Crippen LogP contribution in [0.4, 0.5) is 0 Å². The molecule has 2 aliphatic rings. The average Bonchev–Trinajstić information content (AvgIpc) is 3.27. The number of piperidine rings is 1. The topological polar surface area (TPSA) is 66.7 Å². The van der Waals surface area contributed by atoms with Crippen molar-refractivity contribution in [1.82, 2.24) is 19.6 Å². The molecule has 2 amide bonds. The quantitative estimate of drug-likeness (QED) is 0.576. The SMILES string of the molecule is O=C(NCCCC1CCN(C(=O)c2ccccc2)CC1)C1=Cc2cnc3cccc(n23)S1. The first-order valence-electron chi connectivity index (χ1n) is 11.2. The van der Waals surface area contributed by atoms with E-state index in [0.717, 1.165) is 60.7 Å². The Morgan fingerprint density at radius 3 is 2.69 bits per heavy atom. The zero-order chi connectivity index (χ0) is 21.9. The van der Waals surface area contributed by atoms with Gasteiger partial charge in [-0.05, 0) is 61.9 Å². The highest BCUT2D eigenvalue weighted by molar-refractivity contribution is 8.04. The summed E-state index contributed by atoms with van der Waals surface area (Å²) in [5.41, 5.74) is 2.61. The number of hydrogen-bond donors (Lipinski definition) is 1. The fourth-order valence-electron chi connectivity index (χ4n) is 4.47. The van der Waals surface area contributed by atoms with Crippen molar-refractivity contribution in [3.63, 3.8) is 0 Å². The minimum atomic E-state index is -0.0252. The first-order chi connectivity index (χ1) is 15.7. The van der Waals surface area contributed by atoms with Crippen LogP contribution < -0.4 is 5.32 Å². The van der Waals surface area contributed by atoms with Crippen LogP contribution in [-0.4, -0.2) is 45.7 Å². The van der Waals surface area contributed by atoms with E-state index in [0.29, 0.717) is 17.4 Å². The van der Waals surface area contributed by atoms with Crippen molar-refractivity contribution in [2.45, 2.75) is 30.7 Å². The number of carbonyl (C=O) groups is 2. The summed E-state index contributed by atoms with van der Waals surface area (Å²) in [6, 6.07) is 15.5. The number of nitrogens with one attached hydrogen (secondary N) is 1. The predicted molar refractivity (Wildman–Crippen MR) is 126 cm³/mol. The van der Waals surface area contributed by atoms with Gasteiger partial charge in [-0.2, -0.15) is 0 Å². The third-order valence-electron chi connectivity index (χ3n) is 6.24. The number of aromatic nitrogens is 2. The molecule has 0 bridgehead atoms. The maximum atomic E-state index is 12.7. The van der Waals surface area contributed by atoms with Crippen molar-refractivity contribution in [2.24, 2.45) is 5.92 Å². The molecule has 1 aromatic carbocycles. The molecule has 6 nitrogen and oxygen atoms in total. The van der Waals surface area contributed by atoms with Gasteiger partial charge in [0.1, 0.15) is 5.65 Å². The number of carbonyl (C=O) groups excluding carboxylic acids is 2. The van der Waals surface area contributed by atoms with Gasteiger partial charge in [0.05, 0.1) is 21.8 Å². The van der Waals surface area contributed by atoms with Crippen LogP contribution in [0, 0.1) is 5.92 Å². The summed E-state index contributed by atoms with van der Waals surface area (Å²) in [5.74, 6) is 0.719. The molecule has 4 heterocycles. The molecular formula is C25H26N4O2S. The molecule has 7 heteroatoms. The van der Waals surface area contributed by atoms with Crippen molar-refractivity contribution >= 4 is 35.3 Å². The van der Waals surface area contributed by atoms with Gasteiger partial charge >= 0.3 is 0 Å². The molecular weight excluding hydrogens is 420 g/mol. The van der Waals surface area contributed by atoms with Crippen LogP contribution in [0.1, 0.15) is 41.7 Å². The van der Waals surface area contributed by atoms with E-state index in [1.807, 2.05) is 59.5 Å². The second kappa shape index (κ2) is 9.20. The smallest absolute Gasteiger partial charge is 0.258 e. The number of likely N-dealkylation sites (tertiary alicyclic amines) is 1. The van der Waals surface area contributed by atoms with Gasteiger partial charge in [-0.25, -0.2) is 4.98 Å². The fraction of sp³-hybridized carbons (Fsp3) is 0.320. The second-order valence-electron chi connectivity index (χ2n) is 8.35. The van der Waals surface area contributed by atoms with Crippen LogP contribution in [0.2, 0.25) is 0 Å². The third kappa shape index (κ3) is 4.30. The summed E-state index contributed by atoms with van der Waals surface area (Å²) in [4.78, 5) is 32.3. The van der Waals surface area contributed by atoms with Crippen LogP contribution >= 0.6 is 11.8 Å². The van der Waals surface area contributed by atoms with Crippen LogP contribution in [0.5, 0.6) is 0 Å². The maximum absolute atomic E-state index is 12.7. The highest BCUT2D eigenvalue weighted by Crippen LogP contribution is 2.34. The molecule has 164 valence electrons. The lowest BCUT2D eigenvalue weighted by molar-refractivity contribution is -0.116. The number of benzene rings is 1. The Balaban J connectivity index is 1.06. The lowest BCUT2D eigenvalue weighted by atomic mass is 9.92. The summed E-state index contributed by atoms with van der Waals surface area (Å²) in [6.45, 7) is 2.30. The lowest BCUT2D eigenvalue weighted by Crippen LogP contribution is -2.38. The predicted octanol–water partition coefficient (Wildman–Crippen LogP) is 4.23. The summed E-state index contributed by atoms with van der Waals surface area (Å²) in [7, 11) is 0. The highest BCUT2D eigenvalue weighted by atomic mass is 32.2. The highest BCUT2D eigenvalue weighted by Gasteiger charge is 2.24.